The minimum absolute atomic E-state index is 0.589. The predicted molar refractivity (Wildman–Crippen MR) is 63.0 cm³/mol. The maximum atomic E-state index is 11.7. The summed E-state index contributed by atoms with van der Waals surface area (Å²) in [6, 6.07) is -1.13. The molecule has 1 heterocycles. The first kappa shape index (κ1) is 15.7. The van der Waals surface area contributed by atoms with Gasteiger partial charge in [-0.15, -0.1) is 0 Å². The van der Waals surface area contributed by atoms with Crippen molar-refractivity contribution in [1.82, 2.24) is 5.32 Å². The summed E-state index contributed by atoms with van der Waals surface area (Å²) in [4.78, 5) is 36.3. The molecule has 1 N–H and O–H groups in total. The minimum atomic E-state index is -1.31. The van der Waals surface area contributed by atoms with E-state index >= 15 is 0 Å². The molecular formula is C10H14N4O6. The third-order valence-corrected chi connectivity index (χ3v) is 2.47. The molecule has 1 rings (SSSR count). The number of amides is 1. The first-order valence-corrected chi connectivity index (χ1v) is 5.66. The third-order valence-electron chi connectivity index (χ3n) is 2.47. The maximum absolute atomic E-state index is 11.7. The molecule has 1 fully saturated rings. The van der Waals surface area contributed by atoms with Gasteiger partial charge in [0.2, 0.25) is 12.2 Å². The van der Waals surface area contributed by atoms with Crippen molar-refractivity contribution in [3.8, 4) is 0 Å². The number of carbonyl (C=O) groups is 3. The Hall–Kier alpha value is -2.32. The molecule has 10 heteroatoms. The molecule has 0 saturated carbocycles. The number of hydrogen-bond acceptors (Lipinski definition) is 7. The van der Waals surface area contributed by atoms with Gasteiger partial charge in [-0.2, -0.15) is 0 Å². The Morgan fingerprint density at radius 1 is 1.25 bits per heavy atom. The molecule has 0 bridgehead atoms. The van der Waals surface area contributed by atoms with Gasteiger partial charge in [0.05, 0.1) is 0 Å². The van der Waals surface area contributed by atoms with E-state index in [-0.39, 0.29) is 0 Å². The van der Waals surface area contributed by atoms with E-state index in [2.05, 4.69) is 15.3 Å². The largest absolute Gasteiger partial charge is 0.455 e. The third kappa shape index (κ3) is 3.59. The molecule has 0 aromatic rings. The van der Waals surface area contributed by atoms with Crippen molar-refractivity contribution in [3.05, 3.63) is 10.4 Å². The van der Waals surface area contributed by atoms with Crippen molar-refractivity contribution in [1.29, 1.82) is 0 Å². The number of likely N-dealkylation sites (N-methyl/N-ethyl adjacent to an activating group) is 1. The molecule has 1 unspecified atom stereocenters. The number of hydrogen-bond donors (Lipinski definition) is 1. The van der Waals surface area contributed by atoms with Gasteiger partial charge in [-0.1, -0.05) is 5.11 Å². The number of carbonyl (C=O) groups excluding carboxylic acids is 3. The Labute approximate surface area is 114 Å². The zero-order valence-corrected chi connectivity index (χ0v) is 11.1. The molecule has 0 aromatic carbocycles. The van der Waals surface area contributed by atoms with Crippen LogP contribution in [0.2, 0.25) is 0 Å². The van der Waals surface area contributed by atoms with E-state index in [4.69, 9.17) is 19.7 Å². The van der Waals surface area contributed by atoms with Gasteiger partial charge >= 0.3 is 11.9 Å². The second-order valence-corrected chi connectivity index (χ2v) is 3.92. The fourth-order valence-corrected chi connectivity index (χ4v) is 1.76. The zero-order valence-electron chi connectivity index (χ0n) is 11.1. The second kappa shape index (κ2) is 6.73. The van der Waals surface area contributed by atoms with Crippen LogP contribution in [0, 0.1) is 0 Å². The van der Waals surface area contributed by atoms with Crippen molar-refractivity contribution in [2.24, 2.45) is 5.11 Å². The lowest BCUT2D eigenvalue weighted by Crippen LogP contribution is -2.41. The topological polar surface area (TPSA) is 140 Å². The van der Waals surface area contributed by atoms with Gasteiger partial charge in [-0.25, -0.2) is 0 Å². The van der Waals surface area contributed by atoms with Crippen LogP contribution in [0.1, 0.15) is 13.8 Å². The molecule has 0 aromatic heterocycles. The summed E-state index contributed by atoms with van der Waals surface area (Å²) in [7, 11) is 1.36. The Balaban J connectivity index is 3.06. The van der Waals surface area contributed by atoms with Crippen molar-refractivity contribution in [2.45, 2.75) is 38.4 Å². The van der Waals surface area contributed by atoms with Crippen LogP contribution >= 0.6 is 0 Å². The number of nitrogens with zero attached hydrogens (tertiary/aromatic N) is 3. The average molecular weight is 286 g/mol. The number of esters is 2. The highest BCUT2D eigenvalue weighted by molar-refractivity contribution is 5.82. The van der Waals surface area contributed by atoms with Gasteiger partial charge in [-0.3, -0.25) is 14.4 Å². The highest BCUT2D eigenvalue weighted by Crippen LogP contribution is 2.28. The van der Waals surface area contributed by atoms with Gasteiger partial charge in [0.15, 0.2) is 12.2 Å². The molecule has 4 atom stereocenters. The van der Waals surface area contributed by atoms with E-state index in [1.54, 1.807) is 0 Å². The fourth-order valence-electron chi connectivity index (χ4n) is 1.76. The first-order valence-electron chi connectivity index (χ1n) is 5.66. The van der Waals surface area contributed by atoms with Crippen LogP contribution in [0.15, 0.2) is 5.11 Å². The zero-order chi connectivity index (χ0) is 15.3. The summed E-state index contributed by atoms with van der Waals surface area (Å²) in [5, 5.41) is 5.71. The Bertz CT molecular complexity index is 461. The highest BCUT2D eigenvalue weighted by Gasteiger charge is 2.51. The van der Waals surface area contributed by atoms with Crippen molar-refractivity contribution in [3.63, 3.8) is 0 Å². The van der Waals surface area contributed by atoms with Crippen LogP contribution in [0.25, 0.3) is 10.4 Å². The summed E-state index contributed by atoms with van der Waals surface area (Å²) >= 11 is 0. The molecule has 0 radical (unpaired) electrons. The molecule has 0 spiro atoms. The molecule has 1 aliphatic heterocycles. The second-order valence-electron chi connectivity index (χ2n) is 3.92. The number of ether oxygens (including phenoxy) is 3. The van der Waals surface area contributed by atoms with E-state index in [1.807, 2.05) is 0 Å². The minimum Gasteiger partial charge on any atom is -0.455 e. The van der Waals surface area contributed by atoms with Crippen molar-refractivity contribution in [2.75, 3.05) is 7.05 Å². The Morgan fingerprint density at radius 3 is 2.30 bits per heavy atom. The SMILES string of the molecule is CNC(=O)[C@H]1OC(OC(C)=O)[C@H](OC(C)=O)[C@@H]1N=[N+]=[N-]. The van der Waals surface area contributed by atoms with Gasteiger partial charge in [-0.05, 0) is 5.53 Å². The number of nitrogens with one attached hydrogen (secondary N) is 1. The summed E-state index contributed by atoms with van der Waals surface area (Å²) in [5.41, 5.74) is 8.54. The standard InChI is InChI=1S/C10H14N4O6/c1-4(15)18-8-6(13-14-11)7(9(17)12-3)20-10(8)19-5(2)16/h6-8,10H,1-3H3,(H,12,17)/t6-,7+,8-,10?/m1/s1. The van der Waals surface area contributed by atoms with Crippen LogP contribution in [0.4, 0.5) is 0 Å². The first-order chi connectivity index (χ1) is 9.40. The molecule has 1 amide bonds. The van der Waals surface area contributed by atoms with Crippen molar-refractivity contribution >= 4 is 17.8 Å². The quantitative estimate of drug-likeness (QED) is 0.323. The van der Waals surface area contributed by atoms with E-state index in [9.17, 15) is 14.4 Å². The van der Waals surface area contributed by atoms with E-state index in [0.29, 0.717) is 0 Å². The van der Waals surface area contributed by atoms with Crippen molar-refractivity contribution < 1.29 is 28.6 Å². The van der Waals surface area contributed by atoms with Crippen LogP contribution in [0.5, 0.6) is 0 Å². The van der Waals surface area contributed by atoms with Gasteiger partial charge < -0.3 is 19.5 Å². The molecule has 1 aliphatic rings. The Kier molecular flexibility index (Phi) is 5.30. The average Bonchev–Trinajstić information content (AvgIpc) is 2.67. The summed E-state index contributed by atoms with van der Waals surface area (Å²) in [6.45, 7) is 2.26. The van der Waals surface area contributed by atoms with Crippen LogP contribution < -0.4 is 5.32 Å². The van der Waals surface area contributed by atoms with Gasteiger partial charge in [0.1, 0.15) is 6.04 Å². The van der Waals surface area contributed by atoms with Gasteiger partial charge in [0, 0.05) is 25.8 Å². The number of azide groups is 1. The molecule has 0 aliphatic carbocycles. The molecule has 1 saturated heterocycles. The lowest BCUT2D eigenvalue weighted by atomic mass is 10.1. The smallest absolute Gasteiger partial charge is 0.305 e. The fraction of sp³-hybridized carbons (Fsp3) is 0.700. The number of rotatable bonds is 4. The molecule has 110 valence electrons. The van der Waals surface area contributed by atoms with Crippen LogP contribution in [0.3, 0.4) is 0 Å². The lowest BCUT2D eigenvalue weighted by Gasteiger charge is -2.19. The summed E-state index contributed by atoms with van der Waals surface area (Å²) < 4.78 is 15.0. The monoisotopic (exact) mass is 286 g/mol. The normalized spacial score (nSPS) is 28.1. The van der Waals surface area contributed by atoms with E-state index < -0.39 is 42.4 Å². The van der Waals surface area contributed by atoms with Crippen LogP contribution in [-0.4, -0.2) is 49.4 Å². The van der Waals surface area contributed by atoms with Gasteiger partial charge in [0.25, 0.3) is 0 Å². The van der Waals surface area contributed by atoms with E-state index in [0.717, 1.165) is 13.8 Å². The maximum Gasteiger partial charge on any atom is 0.305 e. The van der Waals surface area contributed by atoms with Crippen LogP contribution in [-0.2, 0) is 28.6 Å². The molecule has 10 nitrogen and oxygen atoms in total. The summed E-state index contributed by atoms with van der Waals surface area (Å²) in [6.07, 6.45) is -3.71. The molecule has 20 heavy (non-hydrogen) atoms. The molecular weight excluding hydrogens is 272 g/mol. The summed E-state index contributed by atoms with van der Waals surface area (Å²) in [5.74, 6) is -1.97. The Morgan fingerprint density at radius 2 is 1.85 bits per heavy atom. The highest BCUT2D eigenvalue weighted by atomic mass is 16.7. The lowest BCUT2D eigenvalue weighted by molar-refractivity contribution is -0.194. The predicted octanol–water partition coefficient (Wildman–Crippen LogP) is -0.369. The van der Waals surface area contributed by atoms with E-state index in [1.165, 1.54) is 7.05 Å².